The van der Waals surface area contributed by atoms with Crippen LogP contribution in [-0.2, 0) is 16.0 Å². The molecule has 1 aromatic rings. The van der Waals surface area contributed by atoms with Crippen molar-refractivity contribution in [2.45, 2.75) is 33.6 Å². The highest BCUT2D eigenvalue weighted by Crippen LogP contribution is 2.15. The molecule has 0 aromatic heterocycles. The van der Waals surface area contributed by atoms with Crippen molar-refractivity contribution in [1.29, 1.82) is 0 Å². The number of hydrazine groups is 1. The number of allylic oxidation sites excluding steroid dienone is 1. The lowest BCUT2D eigenvalue weighted by molar-refractivity contribution is -0.121. The Labute approximate surface area is 119 Å². The number of benzene rings is 1. The summed E-state index contributed by atoms with van der Waals surface area (Å²) in [6, 6.07) is 7.67. The lowest BCUT2D eigenvalue weighted by Crippen LogP contribution is -2.35. The van der Waals surface area contributed by atoms with E-state index in [1.54, 1.807) is 13.8 Å². The Morgan fingerprint density at radius 1 is 1.15 bits per heavy atom. The van der Waals surface area contributed by atoms with Crippen LogP contribution >= 0.6 is 0 Å². The average molecular weight is 275 g/mol. The van der Waals surface area contributed by atoms with Crippen molar-refractivity contribution in [2.75, 3.05) is 5.32 Å². The first-order valence-electron chi connectivity index (χ1n) is 6.68. The van der Waals surface area contributed by atoms with Crippen LogP contribution in [-0.4, -0.2) is 11.8 Å². The fourth-order valence-corrected chi connectivity index (χ4v) is 1.61. The highest BCUT2D eigenvalue weighted by atomic mass is 16.2. The Kier molecular flexibility index (Phi) is 6.29. The van der Waals surface area contributed by atoms with Crippen LogP contribution in [0.2, 0.25) is 0 Å². The molecule has 3 N–H and O–H groups in total. The second-order valence-electron chi connectivity index (χ2n) is 4.35. The van der Waals surface area contributed by atoms with E-state index in [1.165, 1.54) is 6.08 Å². The predicted molar refractivity (Wildman–Crippen MR) is 79.8 cm³/mol. The third-order valence-corrected chi connectivity index (χ3v) is 2.72. The van der Waals surface area contributed by atoms with Gasteiger partial charge in [-0.25, -0.2) is 0 Å². The van der Waals surface area contributed by atoms with Crippen LogP contribution in [0.15, 0.2) is 36.0 Å². The topological polar surface area (TPSA) is 70.2 Å². The summed E-state index contributed by atoms with van der Waals surface area (Å²) in [5.74, 6) is -0.365. The summed E-state index contributed by atoms with van der Waals surface area (Å²) in [7, 11) is 0. The number of hydrogen-bond donors (Lipinski definition) is 3. The van der Waals surface area contributed by atoms with Crippen molar-refractivity contribution in [1.82, 2.24) is 10.9 Å². The summed E-state index contributed by atoms with van der Waals surface area (Å²) in [6.07, 6.45) is 2.64. The van der Waals surface area contributed by atoms with E-state index in [1.807, 2.05) is 31.2 Å². The third-order valence-electron chi connectivity index (χ3n) is 2.72. The molecule has 0 heterocycles. The molecule has 2 amide bonds. The SMILES string of the molecule is CCC(=O)NNC(C)=CC(=O)Nc1ccccc1CC. The number of nitrogens with one attached hydrogen (secondary N) is 3. The molecule has 0 aliphatic rings. The fourth-order valence-electron chi connectivity index (χ4n) is 1.61. The first-order chi connectivity index (χ1) is 9.56. The van der Waals surface area contributed by atoms with Crippen molar-refractivity contribution >= 4 is 17.5 Å². The Morgan fingerprint density at radius 2 is 1.85 bits per heavy atom. The zero-order chi connectivity index (χ0) is 15.0. The van der Waals surface area contributed by atoms with Crippen LogP contribution < -0.4 is 16.2 Å². The van der Waals surface area contributed by atoms with Gasteiger partial charge in [-0.3, -0.25) is 15.0 Å². The van der Waals surface area contributed by atoms with Gasteiger partial charge in [0.05, 0.1) is 0 Å². The molecule has 0 saturated carbocycles. The van der Waals surface area contributed by atoms with Gasteiger partial charge in [0.15, 0.2) is 0 Å². The Bertz CT molecular complexity index is 510. The minimum atomic E-state index is -0.235. The van der Waals surface area contributed by atoms with E-state index in [0.717, 1.165) is 17.7 Å². The quantitative estimate of drug-likeness (QED) is 0.550. The van der Waals surface area contributed by atoms with E-state index in [9.17, 15) is 9.59 Å². The average Bonchev–Trinajstić information content (AvgIpc) is 2.45. The fraction of sp³-hybridized carbons (Fsp3) is 0.333. The van der Waals surface area contributed by atoms with Gasteiger partial charge in [0.25, 0.3) is 0 Å². The van der Waals surface area contributed by atoms with Crippen LogP contribution in [0.25, 0.3) is 0 Å². The molecule has 5 heteroatoms. The van der Waals surface area contributed by atoms with E-state index in [4.69, 9.17) is 0 Å². The van der Waals surface area contributed by atoms with E-state index in [-0.39, 0.29) is 11.8 Å². The molecule has 20 heavy (non-hydrogen) atoms. The first kappa shape index (κ1) is 15.8. The molecule has 1 aromatic carbocycles. The normalized spacial score (nSPS) is 10.8. The molecule has 0 spiro atoms. The van der Waals surface area contributed by atoms with E-state index in [2.05, 4.69) is 16.2 Å². The van der Waals surface area contributed by atoms with Gasteiger partial charge in [-0.2, -0.15) is 0 Å². The minimum absolute atomic E-state index is 0.130. The molecular weight excluding hydrogens is 254 g/mol. The minimum Gasteiger partial charge on any atom is -0.322 e. The largest absolute Gasteiger partial charge is 0.322 e. The van der Waals surface area contributed by atoms with Gasteiger partial charge in [-0.05, 0) is 25.0 Å². The monoisotopic (exact) mass is 275 g/mol. The Morgan fingerprint density at radius 3 is 2.50 bits per heavy atom. The second kappa shape index (κ2) is 7.99. The number of para-hydroxylation sites is 1. The van der Waals surface area contributed by atoms with Gasteiger partial charge < -0.3 is 10.7 Å². The van der Waals surface area contributed by atoms with Gasteiger partial charge in [-0.1, -0.05) is 32.0 Å². The van der Waals surface area contributed by atoms with E-state index >= 15 is 0 Å². The van der Waals surface area contributed by atoms with Crippen molar-refractivity contribution in [3.63, 3.8) is 0 Å². The molecule has 0 unspecified atom stereocenters. The number of carbonyl (C=O) groups excluding carboxylic acids is 2. The first-order valence-corrected chi connectivity index (χ1v) is 6.68. The van der Waals surface area contributed by atoms with Crippen LogP contribution in [0, 0.1) is 0 Å². The molecule has 0 radical (unpaired) electrons. The van der Waals surface area contributed by atoms with Crippen molar-refractivity contribution < 1.29 is 9.59 Å². The highest BCUT2D eigenvalue weighted by molar-refractivity contribution is 6.00. The second-order valence-corrected chi connectivity index (χ2v) is 4.35. The van der Waals surface area contributed by atoms with Gasteiger partial charge in [0.2, 0.25) is 11.8 Å². The molecule has 0 aliphatic heterocycles. The lowest BCUT2D eigenvalue weighted by Gasteiger charge is -2.10. The van der Waals surface area contributed by atoms with Gasteiger partial charge >= 0.3 is 0 Å². The molecule has 0 fully saturated rings. The predicted octanol–water partition coefficient (Wildman–Crippen LogP) is 2.12. The van der Waals surface area contributed by atoms with Crippen LogP contribution in [0.1, 0.15) is 32.8 Å². The van der Waals surface area contributed by atoms with Crippen molar-refractivity contribution in [2.24, 2.45) is 0 Å². The summed E-state index contributed by atoms with van der Waals surface area (Å²) in [6.45, 7) is 5.50. The third kappa shape index (κ3) is 5.14. The molecule has 1 rings (SSSR count). The smallest absolute Gasteiger partial charge is 0.250 e. The zero-order valence-electron chi connectivity index (χ0n) is 12.1. The van der Waals surface area contributed by atoms with Crippen LogP contribution in [0.5, 0.6) is 0 Å². The highest BCUT2D eigenvalue weighted by Gasteiger charge is 2.04. The maximum absolute atomic E-state index is 11.9. The summed E-state index contributed by atoms with van der Waals surface area (Å²) in [5.41, 5.74) is 7.62. The molecule has 0 aliphatic carbocycles. The summed E-state index contributed by atoms with van der Waals surface area (Å²) < 4.78 is 0. The van der Waals surface area contributed by atoms with E-state index < -0.39 is 0 Å². The van der Waals surface area contributed by atoms with Crippen LogP contribution in [0.4, 0.5) is 5.69 Å². The number of anilines is 1. The maximum atomic E-state index is 11.9. The number of amides is 2. The Balaban J connectivity index is 2.60. The standard InChI is InChI=1S/C15H21N3O2/c1-4-12-8-6-7-9-13(12)16-15(20)10-11(3)17-18-14(19)5-2/h6-10,17H,4-5H2,1-3H3,(H,16,20)(H,18,19). The van der Waals surface area contributed by atoms with Gasteiger partial charge in [0, 0.05) is 23.9 Å². The van der Waals surface area contributed by atoms with Crippen molar-refractivity contribution in [3.8, 4) is 0 Å². The van der Waals surface area contributed by atoms with E-state index in [0.29, 0.717) is 12.1 Å². The summed E-state index contributed by atoms with van der Waals surface area (Å²) in [4.78, 5) is 22.9. The van der Waals surface area contributed by atoms with Crippen LogP contribution in [0.3, 0.4) is 0 Å². The maximum Gasteiger partial charge on any atom is 0.250 e. The molecule has 5 nitrogen and oxygen atoms in total. The summed E-state index contributed by atoms with van der Waals surface area (Å²) >= 11 is 0. The molecule has 108 valence electrons. The number of carbonyl (C=O) groups is 2. The number of hydrogen-bond acceptors (Lipinski definition) is 3. The number of aryl methyl sites for hydroxylation is 1. The zero-order valence-corrected chi connectivity index (χ0v) is 12.1. The van der Waals surface area contributed by atoms with Gasteiger partial charge in [0.1, 0.15) is 0 Å². The molecule has 0 saturated heterocycles. The lowest BCUT2D eigenvalue weighted by atomic mass is 10.1. The summed E-state index contributed by atoms with van der Waals surface area (Å²) in [5, 5.41) is 2.83. The number of rotatable bonds is 6. The Hall–Kier alpha value is -2.30. The molecular formula is C15H21N3O2. The van der Waals surface area contributed by atoms with Crippen molar-refractivity contribution in [3.05, 3.63) is 41.6 Å². The molecule has 0 atom stereocenters. The van der Waals surface area contributed by atoms with Gasteiger partial charge in [-0.15, -0.1) is 0 Å². The molecule has 0 bridgehead atoms.